The van der Waals surface area contributed by atoms with E-state index in [9.17, 15) is 0 Å². The Labute approximate surface area is 95.3 Å². The molecule has 0 unspecified atom stereocenters. The standard InChI is InChI=1S/C13H15N3/c1-9-6-7-11(10(2)8-9)15-13-5-3-4-12(14)16-13/h3-8H,1-2H3,(H3,14,15,16). The maximum absolute atomic E-state index is 5.62. The van der Waals surface area contributed by atoms with Gasteiger partial charge in [0, 0.05) is 5.69 Å². The highest BCUT2D eigenvalue weighted by atomic mass is 15.0. The van der Waals surface area contributed by atoms with Crippen LogP contribution >= 0.6 is 0 Å². The Morgan fingerprint density at radius 3 is 2.62 bits per heavy atom. The Kier molecular flexibility index (Phi) is 2.77. The van der Waals surface area contributed by atoms with Crippen molar-refractivity contribution in [1.82, 2.24) is 4.98 Å². The van der Waals surface area contributed by atoms with Crippen molar-refractivity contribution >= 4 is 17.3 Å². The summed E-state index contributed by atoms with van der Waals surface area (Å²) < 4.78 is 0. The monoisotopic (exact) mass is 213 g/mol. The number of aryl methyl sites for hydroxylation is 2. The van der Waals surface area contributed by atoms with Gasteiger partial charge >= 0.3 is 0 Å². The Bertz CT molecular complexity index is 506. The zero-order valence-electron chi connectivity index (χ0n) is 9.49. The minimum Gasteiger partial charge on any atom is -0.384 e. The fourth-order valence-corrected chi connectivity index (χ4v) is 1.61. The second-order valence-electron chi connectivity index (χ2n) is 3.89. The summed E-state index contributed by atoms with van der Waals surface area (Å²) in [6.07, 6.45) is 0. The van der Waals surface area contributed by atoms with E-state index in [2.05, 4.69) is 42.3 Å². The van der Waals surface area contributed by atoms with Crippen LogP contribution in [0.1, 0.15) is 11.1 Å². The van der Waals surface area contributed by atoms with Gasteiger partial charge in [-0.15, -0.1) is 0 Å². The van der Waals surface area contributed by atoms with E-state index in [4.69, 9.17) is 5.73 Å². The zero-order valence-corrected chi connectivity index (χ0v) is 9.49. The third-order valence-corrected chi connectivity index (χ3v) is 2.42. The van der Waals surface area contributed by atoms with Crippen molar-refractivity contribution in [3.8, 4) is 0 Å². The van der Waals surface area contributed by atoms with Crippen LogP contribution in [0.3, 0.4) is 0 Å². The van der Waals surface area contributed by atoms with E-state index in [-0.39, 0.29) is 0 Å². The summed E-state index contributed by atoms with van der Waals surface area (Å²) in [7, 11) is 0. The molecule has 0 saturated heterocycles. The fourth-order valence-electron chi connectivity index (χ4n) is 1.61. The lowest BCUT2D eigenvalue weighted by Gasteiger charge is -2.09. The van der Waals surface area contributed by atoms with Gasteiger partial charge < -0.3 is 11.1 Å². The molecule has 82 valence electrons. The van der Waals surface area contributed by atoms with E-state index in [0.717, 1.165) is 11.5 Å². The van der Waals surface area contributed by atoms with Crippen molar-refractivity contribution in [3.63, 3.8) is 0 Å². The van der Waals surface area contributed by atoms with Gasteiger partial charge in [0.05, 0.1) is 0 Å². The topological polar surface area (TPSA) is 50.9 Å². The first-order chi connectivity index (χ1) is 7.65. The van der Waals surface area contributed by atoms with Crippen LogP contribution in [0.4, 0.5) is 17.3 Å². The predicted molar refractivity (Wildman–Crippen MR) is 67.8 cm³/mol. The smallest absolute Gasteiger partial charge is 0.132 e. The molecule has 0 radical (unpaired) electrons. The van der Waals surface area contributed by atoms with Gasteiger partial charge in [-0.2, -0.15) is 0 Å². The number of benzene rings is 1. The van der Waals surface area contributed by atoms with Crippen molar-refractivity contribution in [3.05, 3.63) is 47.5 Å². The van der Waals surface area contributed by atoms with Crippen LogP contribution in [-0.2, 0) is 0 Å². The molecule has 0 aliphatic carbocycles. The quantitative estimate of drug-likeness (QED) is 0.806. The molecule has 1 aromatic carbocycles. The molecule has 0 fully saturated rings. The molecular weight excluding hydrogens is 198 g/mol. The summed E-state index contributed by atoms with van der Waals surface area (Å²) in [5.41, 5.74) is 9.13. The fraction of sp³-hybridized carbons (Fsp3) is 0.154. The summed E-state index contributed by atoms with van der Waals surface area (Å²) in [4.78, 5) is 4.20. The molecule has 1 aromatic heterocycles. The largest absolute Gasteiger partial charge is 0.384 e. The number of rotatable bonds is 2. The highest BCUT2D eigenvalue weighted by Crippen LogP contribution is 2.20. The number of hydrogen-bond acceptors (Lipinski definition) is 3. The number of aromatic nitrogens is 1. The molecule has 0 amide bonds. The summed E-state index contributed by atoms with van der Waals surface area (Å²) >= 11 is 0. The van der Waals surface area contributed by atoms with E-state index in [1.165, 1.54) is 11.1 Å². The minimum atomic E-state index is 0.523. The number of hydrogen-bond donors (Lipinski definition) is 2. The van der Waals surface area contributed by atoms with Gasteiger partial charge in [0.15, 0.2) is 0 Å². The van der Waals surface area contributed by atoms with Crippen molar-refractivity contribution in [2.75, 3.05) is 11.1 Å². The second-order valence-corrected chi connectivity index (χ2v) is 3.89. The Morgan fingerprint density at radius 2 is 1.94 bits per heavy atom. The van der Waals surface area contributed by atoms with Gasteiger partial charge in [0.25, 0.3) is 0 Å². The number of pyridine rings is 1. The first kappa shape index (κ1) is 10.5. The number of nitrogens with two attached hydrogens (primary N) is 1. The lowest BCUT2D eigenvalue weighted by Crippen LogP contribution is -1.98. The zero-order chi connectivity index (χ0) is 11.5. The van der Waals surface area contributed by atoms with Crippen LogP contribution < -0.4 is 11.1 Å². The first-order valence-electron chi connectivity index (χ1n) is 5.22. The molecule has 16 heavy (non-hydrogen) atoms. The van der Waals surface area contributed by atoms with E-state index in [1.807, 2.05) is 12.1 Å². The molecule has 1 heterocycles. The van der Waals surface area contributed by atoms with Crippen LogP contribution in [0.15, 0.2) is 36.4 Å². The summed E-state index contributed by atoms with van der Waals surface area (Å²) in [6, 6.07) is 11.8. The van der Waals surface area contributed by atoms with Gasteiger partial charge in [-0.1, -0.05) is 23.8 Å². The number of anilines is 3. The molecule has 2 aromatic rings. The molecule has 0 aliphatic rings. The lowest BCUT2D eigenvalue weighted by molar-refractivity contribution is 1.29. The highest BCUT2D eigenvalue weighted by molar-refractivity contribution is 5.61. The average molecular weight is 213 g/mol. The van der Waals surface area contributed by atoms with E-state index >= 15 is 0 Å². The van der Waals surface area contributed by atoms with Crippen molar-refractivity contribution in [2.45, 2.75) is 13.8 Å². The van der Waals surface area contributed by atoms with Crippen LogP contribution in [0.25, 0.3) is 0 Å². The van der Waals surface area contributed by atoms with E-state index in [1.54, 1.807) is 6.07 Å². The lowest BCUT2D eigenvalue weighted by atomic mass is 10.1. The van der Waals surface area contributed by atoms with E-state index in [0.29, 0.717) is 5.82 Å². The second kappa shape index (κ2) is 4.23. The molecule has 3 nitrogen and oxygen atoms in total. The molecule has 3 heteroatoms. The maximum atomic E-state index is 5.62. The SMILES string of the molecule is Cc1ccc(Nc2cccc(N)n2)c(C)c1. The van der Waals surface area contributed by atoms with E-state index < -0.39 is 0 Å². The summed E-state index contributed by atoms with van der Waals surface area (Å²) in [6.45, 7) is 4.15. The van der Waals surface area contributed by atoms with Crippen molar-refractivity contribution in [2.24, 2.45) is 0 Å². The molecule has 3 N–H and O–H groups in total. The Balaban J connectivity index is 2.27. The van der Waals surface area contributed by atoms with Gasteiger partial charge in [-0.3, -0.25) is 0 Å². The summed E-state index contributed by atoms with van der Waals surface area (Å²) in [5, 5.41) is 3.25. The highest BCUT2D eigenvalue weighted by Gasteiger charge is 2.00. The molecule has 0 spiro atoms. The van der Waals surface area contributed by atoms with Crippen LogP contribution in [-0.4, -0.2) is 4.98 Å². The predicted octanol–water partition coefficient (Wildman–Crippen LogP) is 3.02. The van der Waals surface area contributed by atoms with Crippen molar-refractivity contribution in [1.29, 1.82) is 0 Å². The number of nitrogen functional groups attached to an aromatic ring is 1. The normalized spacial score (nSPS) is 10.1. The van der Waals surface area contributed by atoms with Gasteiger partial charge in [-0.05, 0) is 37.6 Å². The third-order valence-electron chi connectivity index (χ3n) is 2.42. The minimum absolute atomic E-state index is 0.523. The van der Waals surface area contributed by atoms with Gasteiger partial charge in [-0.25, -0.2) is 4.98 Å². The molecule has 0 atom stereocenters. The third kappa shape index (κ3) is 2.31. The maximum Gasteiger partial charge on any atom is 0.132 e. The first-order valence-corrected chi connectivity index (χ1v) is 5.22. The molecule has 0 bridgehead atoms. The Hall–Kier alpha value is -2.03. The average Bonchev–Trinajstić information content (AvgIpc) is 2.22. The molecule has 2 rings (SSSR count). The molecule has 0 aliphatic heterocycles. The molecular formula is C13H15N3. The van der Waals surface area contributed by atoms with Crippen LogP contribution in [0.5, 0.6) is 0 Å². The number of nitrogens with zero attached hydrogens (tertiary/aromatic N) is 1. The number of nitrogens with one attached hydrogen (secondary N) is 1. The van der Waals surface area contributed by atoms with Gasteiger partial charge in [0.2, 0.25) is 0 Å². The van der Waals surface area contributed by atoms with Gasteiger partial charge in [0.1, 0.15) is 11.6 Å². The van der Waals surface area contributed by atoms with Crippen molar-refractivity contribution < 1.29 is 0 Å². The van der Waals surface area contributed by atoms with Crippen LogP contribution in [0.2, 0.25) is 0 Å². The molecule has 0 saturated carbocycles. The summed E-state index contributed by atoms with van der Waals surface area (Å²) in [5.74, 6) is 1.29. The Morgan fingerprint density at radius 1 is 1.12 bits per heavy atom. The van der Waals surface area contributed by atoms with Crippen LogP contribution in [0, 0.1) is 13.8 Å².